The molecule has 0 spiro atoms. The van der Waals surface area contributed by atoms with Gasteiger partial charge in [-0.25, -0.2) is 0 Å². The second kappa shape index (κ2) is 4.82. The molecule has 1 aromatic carbocycles. The van der Waals surface area contributed by atoms with Crippen molar-refractivity contribution in [3.63, 3.8) is 0 Å². The van der Waals surface area contributed by atoms with Gasteiger partial charge in [-0.15, -0.1) is 22.9 Å². The quantitative estimate of drug-likeness (QED) is 0.663. The number of halogens is 1. The van der Waals surface area contributed by atoms with Gasteiger partial charge < -0.3 is 0 Å². The number of allylic oxidation sites excluding steroid dienone is 2. The van der Waals surface area contributed by atoms with Crippen LogP contribution >= 0.6 is 22.9 Å². The van der Waals surface area contributed by atoms with Crippen molar-refractivity contribution in [3.8, 4) is 0 Å². The monoisotopic (exact) mass is 236 g/mol. The molecule has 0 atom stereocenters. The molecule has 0 saturated heterocycles. The molecule has 15 heavy (non-hydrogen) atoms. The number of hydrogen-bond acceptors (Lipinski definition) is 1. The van der Waals surface area contributed by atoms with Crippen LogP contribution in [0.2, 0.25) is 0 Å². The van der Waals surface area contributed by atoms with E-state index in [1.807, 2.05) is 0 Å². The molecule has 0 radical (unpaired) electrons. The Morgan fingerprint density at radius 2 is 2.27 bits per heavy atom. The highest BCUT2D eigenvalue weighted by atomic mass is 35.5. The zero-order chi connectivity index (χ0) is 10.7. The summed E-state index contributed by atoms with van der Waals surface area (Å²) in [5.41, 5.74) is 2.61. The fourth-order valence-corrected chi connectivity index (χ4v) is 2.48. The number of alkyl halides is 1. The second-order valence-corrected chi connectivity index (χ2v) is 4.86. The highest BCUT2D eigenvalue weighted by molar-refractivity contribution is 7.17. The van der Waals surface area contributed by atoms with Gasteiger partial charge in [-0.2, -0.15) is 0 Å². The molecule has 0 bridgehead atoms. The van der Waals surface area contributed by atoms with Crippen molar-refractivity contribution in [2.24, 2.45) is 0 Å². The van der Waals surface area contributed by atoms with E-state index in [1.54, 1.807) is 11.3 Å². The summed E-state index contributed by atoms with van der Waals surface area (Å²) < 4.78 is 1.35. The van der Waals surface area contributed by atoms with Gasteiger partial charge in [-0.3, -0.25) is 0 Å². The van der Waals surface area contributed by atoms with E-state index in [0.717, 1.165) is 6.42 Å². The third-order valence-corrected chi connectivity index (χ3v) is 3.58. The fraction of sp³-hybridized carbons (Fsp3) is 0.231. The fourth-order valence-electron chi connectivity index (χ4n) is 1.60. The Bertz CT molecular complexity index is 482. The van der Waals surface area contributed by atoms with E-state index in [4.69, 9.17) is 11.6 Å². The van der Waals surface area contributed by atoms with E-state index in [2.05, 4.69) is 42.6 Å². The maximum Gasteiger partial charge on any atom is 0.0343 e. The van der Waals surface area contributed by atoms with Gasteiger partial charge in [0, 0.05) is 10.6 Å². The van der Waals surface area contributed by atoms with Crippen molar-refractivity contribution in [3.05, 3.63) is 41.3 Å². The molecule has 0 nitrogen and oxygen atoms in total. The Kier molecular flexibility index (Phi) is 3.45. The molecule has 1 heterocycles. The molecule has 0 aliphatic rings. The molecule has 78 valence electrons. The largest absolute Gasteiger partial charge is 0.144 e. The predicted octanol–water partition coefficient (Wildman–Crippen LogP) is 4.93. The molecule has 0 aliphatic carbocycles. The van der Waals surface area contributed by atoms with E-state index in [-0.39, 0.29) is 0 Å². The maximum atomic E-state index is 5.67. The molecule has 0 fully saturated rings. The third-order valence-electron chi connectivity index (χ3n) is 2.47. The number of rotatable bonds is 3. The van der Waals surface area contributed by atoms with Crippen LogP contribution in [0.15, 0.2) is 35.7 Å². The van der Waals surface area contributed by atoms with Crippen LogP contribution in [0.1, 0.15) is 18.9 Å². The smallest absolute Gasteiger partial charge is 0.0343 e. The predicted molar refractivity (Wildman–Crippen MR) is 70.8 cm³/mol. The standard InChI is InChI=1S/C13H13ClS/c1-10(3-2-7-14)11-4-5-13-12(9-11)6-8-15-13/h3-6,8-9H,2,7H2,1H3/b10-3-. The minimum atomic E-state index is 0.692. The lowest BCUT2D eigenvalue weighted by molar-refractivity contribution is 1.23. The highest BCUT2D eigenvalue weighted by Crippen LogP contribution is 2.25. The molecule has 0 amide bonds. The minimum absolute atomic E-state index is 0.692. The van der Waals surface area contributed by atoms with Crippen LogP contribution in [0.25, 0.3) is 15.7 Å². The first-order valence-corrected chi connectivity index (χ1v) is 6.43. The Balaban J connectivity index is 2.35. The number of hydrogen-bond donors (Lipinski definition) is 0. The molecule has 2 heteroatoms. The zero-order valence-corrected chi connectivity index (χ0v) is 10.2. The van der Waals surface area contributed by atoms with Crippen molar-refractivity contribution in [1.29, 1.82) is 0 Å². The number of thiophene rings is 1. The summed E-state index contributed by atoms with van der Waals surface area (Å²) in [6.07, 6.45) is 3.13. The van der Waals surface area contributed by atoms with Crippen molar-refractivity contribution < 1.29 is 0 Å². The first-order chi connectivity index (χ1) is 7.31. The SMILES string of the molecule is C/C(=C/CCCl)c1ccc2sccc2c1. The highest BCUT2D eigenvalue weighted by Gasteiger charge is 1.98. The van der Waals surface area contributed by atoms with E-state index in [9.17, 15) is 0 Å². The van der Waals surface area contributed by atoms with Crippen molar-refractivity contribution in [2.75, 3.05) is 5.88 Å². The number of benzene rings is 1. The van der Waals surface area contributed by atoms with Crippen LogP contribution in [-0.2, 0) is 0 Å². The van der Waals surface area contributed by atoms with Crippen molar-refractivity contribution in [1.82, 2.24) is 0 Å². The van der Waals surface area contributed by atoms with E-state index in [1.165, 1.54) is 21.2 Å². The molecule has 0 unspecified atom stereocenters. The molecule has 0 N–H and O–H groups in total. The van der Waals surface area contributed by atoms with Crippen LogP contribution in [-0.4, -0.2) is 5.88 Å². The van der Waals surface area contributed by atoms with Crippen LogP contribution < -0.4 is 0 Å². The summed E-state index contributed by atoms with van der Waals surface area (Å²) in [5, 5.41) is 3.46. The molecule has 2 aromatic rings. The lowest BCUT2D eigenvalue weighted by atomic mass is 10.1. The second-order valence-electron chi connectivity index (χ2n) is 3.54. The average Bonchev–Trinajstić information content (AvgIpc) is 2.72. The normalized spacial score (nSPS) is 12.3. The minimum Gasteiger partial charge on any atom is -0.144 e. The van der Waals surface area contributed by atoms with Gasteiger partial charge >= 0.3 is 0 Å². The topological polar surface area (TPSA) is 0 Å². The van der Waals surface area contributed by atoms with Gasteiger partial charge in [0.1, 0.15) is 0 Å². The van der Waals surface area contributed by atoms with Crippen molar-refractivity contribution >= 4 is 38.6 Å². The Hall–Kier alpha value is -0.790. The maximum absolute atomic E-state index is 5.67. The lowest BCUT2D eigenvalue weighted by Gasteiger charge is -2.01. The van der Waals surface area contributed by atoms with E-state index < -0.39 is 0 Å². The van der Waals surface area contributed by atoms with Gasteiger partial charge in [-0.05, 0) is 53.4 Å². The van der Waals surface area contributed by atoms with E-state index in [0.29, 0.717) is 5.88 Å². The lowest BCUT2D eigenvalue weighted by Crippen LogP contribution is -1.79. The molecule has 0 saturated carbocycles. The van der Waals surface area contributed by atoms with Gasteiger partial charge in [0.15, 0.2) is 0 Å². The third kappa shape index (κ3) is 2.42. The van der Waals surface area contributed by atoms with Crippen molar-refractivity contribution in [2.45, 2.75) is 13.3 Å². The Morgan fingerprint density at radius 3 is 3.07 bits per heavy atom. The molecular formula is C13H13ClS. The summed E-state index contributed by atoms with van der Waals surface area (Å²) in [4.78, 5) is 0. The first-order valence-electron chi connectivity index (χ1n) is 5.01. The summed E-state index contributed by atoms with van der Waals surface area (Å²) in [6, 6.07) is 8.77. The van der Waals surface area contributed by atoms with Crippen LogP contribution in [0.4, 0.5) is 0 Å². The summed E-state index contributed by atoms with van der Waals surface area (Å²) in [7, 11) is 0. The molecule has 1 aromatic heterocycles. The van der Waals surface area contributed by atoms with E-state index >= 15 is 0 Å². The van der Waals surface area contributed by atoms with Crippen LogP contribution in [0.3, 0.4) is 0 Å². The summed E-state index contributed by atoms with van der Waals surface area (Å²) in [5.74, 6) is 0.692. The van der Waals surface area contributed by atoms with Crippen LogP contribution in [0.5, 0.6) is 0 Å². The van der Waals surface area contributed by atoms with Gasteiger partial charge in [0.2, 0.25) is 0 Å². The Labute approximate surface area is 99.2 Å². The summed E-state index contributed by atoms with van der Waals surface area (Å²) in [6.45, 7) is 2.14. The molecule has 2 rings (SSSR count). The van der Waals surface area contributed by atoms with Gasteiger partial charge in [-0.1, -0.05) is 12.1 Å². The first kappa shape index (κ1) is 10.7. The summed E-state index contributed by atoms with van der Waals surface area (Å²) >= 11 is 7.45. The van der Waals surface area contributed by atoms with Crippen LogP contribution in [0, 0.1) is 0 Å². The molecular weight excluding hydrogens is 224 g/mol. The Morgan fingerprint density at radius 1 is 1.40 bits per heavy atom. The average molecular weight is 237 g/mol. The van der Waals surface area contributed by atoms with Gasteiger partial charge in [0.05, 0.1) is 0 Å². The molecule has 0 aliphatic heterocycles. The zero-order valence-electron chi connectivity index (χ0n) is 8.66. The number of fused-ring (bicyclic) bond motifs is 1. The van der Waals surface area contributed by atoms with Gasteiger partial charge in [0.25, 0.3) is 0 Å².